The molecule has 0 unspecified atom stereocenters. The lowest BCUT2D eigenvalue weighted by Crippen LogP contribution is -2.15. The van der Waals surface area contributed by atoms with E-state index >= 15 is 0 Å². The minimum atomic E-state index is -0.450. The molecular weight excluding hydrogens is 354 g/mol. The molecular formula is C18H15N3O4S. The molecule has 0 saturated heterocycles. The second-order valence-electron chi connectivity index (χ2n) is 5.30. The Kier molecular flexibility index (Phi) is 5.55. The van der Waals surface area contributed by atoms with Crippen molar-refractivity contribution in [3.63, 3.8) is 0 Å². The van der Waals surface area contributed by atoms with E-state index in [0.29, 0.717) is 10.8 Å². The molecule has 3 rings (SSSR count). The lowest BCUT2D eigenvalue weighted by molar-refractivity contribution is -0.384. The topological polar surface area (TPSA) is 94.4 Å². The van der Waals surface area contributed by atoms with E-state index in [2.05, 4.69) is 10.3 Å². The number of benzene rings is 2. The summed E-state index contributed by atoms with van der Waals surface area (Å²) in [5.41, 5.74) is 1.43. The van der Waals surface area contributed by atoms with Gasteiger partial charge in [0.05, 0.1) is 23.6 Å². The van der Waals surface area contributed by atoms with E-state index in [0.717, 1.165) is 11.3 Å². The van der Waals surface area contributed by atoms with Gasteiger partial charge in [-0.15, -0.1) is 11.3 Å². The molecule has 1 aromatic heterocycles. The zero-order chi connectivity index (χ0) is 18.4. The fourth-order valence-corrected chi connectivity index (χ4v) is 2.91. The quantitative estimate of drug-likeness (QED) is 0.499. The maximum atomic E-state index is 12.0. The first-order valence-electron chi connectivity index (χ1n) is 7.80. The number of nitro groups is 1. The Morgan fingerprint density at radius 1 is 1.15 bits per heavy atom. The summed E-state index contributed by atoms with van der Waals surface area (Å²) in [6, 6.07) is 15.4. The molecule has 0 spiro atoms. The standard InChI is InChI=1S/C18H15N3O4S/c22-17(10-11-25-15-4-2-1-3-5-15)20-18-19-16(12-26-18)13-6-8-14(9-7-13)21(23)24/h1-9,12H,10-11H2,(H,19,20,22). The van der Waals surface area contributed by atoms with Crippen LogP contribution >= 0.6 is 11.3 Å². The number of anilines is 1. The second-order valence-corrected chi connectivity index (χ2v) is 6.16. The van der Waals surface area contributed by atoms with Gasteiger partial charge in [0, 0.05) is 23.1 Å². The summed E-state index contributed by atoms with van der Waals surface area (Å²) < 4.78 is 5.49. The Morgan fingerprint density at radius 2 is 1.88 bits per heavy atom. The summed E-state index contributed by atoms with van der Waals surface area (Å²) in [6.45, 7) is 0.274. The number of thiazole rings is 1. The van der Waals surface area contributed by atoms with E-state index < -0.39 is 4.92 Å². The number of nitrogens with one attached hydrogen (secondary N) is 1. The van der Waals surface area contributed by atoms with Crippen LogP contribution < -0.4 is 10.1 Å². The lowest BCUT2D eigenvalue weighted by atomic mass is 10.1. The number of para-hydroxylation sites is 1. The average molecular weight is 369 g/mol. The molecule has 3 aromatic rings. The molecule has 1 N–H and O–H groups in total. The van der Waals surface area contributed by atoms with Crippen LogP contribution in [0.5, 0.6) is 5.75 Å². The van der Waals surface area contributed by atoms with Crippen LogP contribution in [-0.2, 0) is 4.79 Å². The van der Waals surface area contributed by atoms with Gasteiger partial charge >= 0.3 is 0 Å². The van der Waals surface area contributed by atoms with Crippen LogP contribution in [0.1, 0.15) is 6.42 Å². The molecule has 7 nitrogen and oxygen atoms in total. The van der Waals surface area contributed by atoms with Crippen molar-refractivity contribution in [1.82, 2.24) is 4.98 Å². The van der Waals surface area contributed by atoms with Crippen LogP contribution in [0.25, 0.3) is 11.3 Å². The maximum absolute atomic E-state index is 12.0. The minimum Gasteiger partial charge on any atom is -0.493 e. The Hall–Kier alpha value is -3.26. The number of nitro benzene ring substituents is 1. The zero-order valence-electron chi connectivity index (χ0n) is 13.6. The number of ether oxygens (including phenoxy) is 1. The van der Waals surface area contributed by atoms with Gasteiger partial charge in [0.25, 0.3) is 5.69 Å². The van der Waals surface area contributed by atoms with Crippen LogP contribution in [0.3, 0.4) is 0 Å². The van der Waals surface area contributed by atoms with Crippen molar-refractivity contribution in [1.29, 1.82) is 0 Å². The number of carbonyl (C=O) groups excluding carboxylic acids is 1. The van der Waals surface area contributed by atoms with Crippen LogP contribution in [0, 0.1) is 10.1 Å². The van der Waals surface area contributed by atoms with Gasteiger partial charge in [-0.3, -0.25) is 14.9 Å². The maximum Gasteiger partial charge on any atom is 0.269 e. The highest BCUT2D eigenvalue weighted by Gasteiger charge is 2.10. The third kappa shape index (κ3) is 4.64. The highest BCUT2D eigenvalue weighted by atomic mass is 32.1. The highest BCUT2D eigenvalue weighted by Crippen LogP contribution is 2.26. The van der Waals surface area contributed by atoms with Crippen molar-refractivity contribution in [3.8, 4) is 17.0 Å². The zero-order valence-corrected chi connectivity index (χ0v) is 14.4. The van der Waals surface area contributed by atoms with Crippen LogP contribution in [0.4, 0.5) is 10.8 Å². The molecule has 1 amide bonds. The van der Waals surface area contributed by atoms with Crippen LogP contribution in [0.15, 0.2) is 60.0 Å². The Morgan fingerprint density at radius 3 is 2.58 bits per heavy atom. The van der Waals surface area contributed by atoms with E-state index in [4.69, 9.17) is 4.74 Å². The summed E-state index contributed by atoms with van der Waals surface area (Å²) in [6.07, 6.45) is 0.210. The monoisotopic (exact) mass is 369 g/mol. The molecule has 0 atom stereocenters. The van der Waals surface area contributed by atoms with Gasteiger partial charge in [0.15, 0.2) is 5.13 Å². The first kappa shape index (κ1) is 17.6. The van der Waals surface area contributed by atoms with Gasteiger partial charge in [0.2, 0.25) is 5.91 Å². The van der Waals surface area contributed by atoms with Crippen molar-refractivity contribution in [3.05, 3.63) is 70.1 Å². The van der Waals surface area contributed by atoms with Crippen LogP contribution in [-0.4, -0.2) is 22.4 Å². The molecule has 0 saturated carbocycles. The predicted octanol–water partition coefficient (Wildman–Crippen LogP) is 4.13. The molecule has 0 fully saturated rings. The van der Waals surface area contributed by atoms with E-state index in [1.54, 1.807) is 17.5 Å². The number of amides is 1. The Bertz CT molecular complexity index is 894. The van der Waals surface area contributed by atoms with Crippen molar-refractivity contribution in [2.45, 2.75) is 6.42 Å². The minimum absolute atomic E-state index is 0.0240. The first-order valence-corrected chi connectivity index (χ1v) is 8.68. The molecule has 0 aliphatic heterocycles. The molecule has 0 bridgehead atoms. The second kappa shape index (κ2) is 8.21. The van der Waals surface area contributed by atoms with E-state index in [1.165, 1.54) is 23.5 Å². The number of non-ortho nitro benzene ring substituents is 1. The summed E-state index contributed by atoms with van der Waals surface area (Å²) >= 11 is 1.30. The lowest BCUT2D eigenvalue weighted by Gasteiger charge is -2.05. The normalized spacial score (nSPS) is 10.3. The molecule has 132 valence electrons. The smallest absolute Gasteiger partial charge is 0.269 e. The number of hydrogen-bond acceptors (Lipinski definition) is 6. The van der Waals surface area contributed by atoms with Crippen molar-refractivity contribution in [2.75, 3.05) is 11.9 Å². The predicted molar refractivity (Wildman–Crippen MR) is 99.4 cm³/mol. The molecule has 1 heterocycles. The number of hydrogen-bond donors (Lipinski definition) is 1. The third-order valence-electron chi connectivity index (χ3n) is 3.47. The highest BCUT2D eigenvalue weighted by molar-refractivity contribution is 7.14. The fraction of sp³-hybridized carbons (Fsp3) is 0.111. The molecule has 0 radical (unpaired) electrons. The average Bonchev–Trinajstić information content (AvgIpc) is 3.11. The summed E-state index contributed by atoms with van der Waals surface area (Å²) in [5.74, 6) is 0.528. The van der Waals surface area contributed by atoms with Crippen molar-refractivity contribution in [2.24, 2.45) is 0 Å². The summed E-state index contributed by atoms with van der Waals surface area (Å²) in [7, 11) is 0. The van der Waals surface area contributed by atoms with Gasteiger partial charge < -0.3 is 10.1 Å². The third-order valence-corrected chi connectivity index (χ3v) is 4.22. The fourth-order valence-electron chi connectivity index (χ4n) is 2.18. The van der Waals surface area contributed by atoms with Gasteiger partial charge in [-0.25, -0.2) is 4.98 Å². The number of aromatic nitrogens is 1. The van der Waals surface area contributed by atoms with E-state index in [-0.39, 0.29) is 24.6 Å². The molecule has 0 aliphatic rings. The Balaban J connectivity index is 1.52. The van der Waals surface area contributed by atoms with Crippen LogP contribution in [0.2, 0.25) is 0 Å². The van der Waals surface area contributed by atoms with Crippen molar-refractivity contribution < 1.29 is 14.5 Å². The van der Waals surface area contributed by atoms with E-state index in [9.17, 15) is 14.9 Å². The first-order chi connectivity index (χ1) is 12.6. The summed E-state index contributed by atoms with van der Waals surface area (Å²) in [5, 5.41) is 15.7. The summed E-state index contributed by atoms with van der Waals surface area (Å²) in [4.78, 5) is 26.5. The molecule has 0 aliphatic carbocycles. The SMILES string of the molecule is O=C(CCOc1ccccc1)Nc1nc(-c2ccc([N+](=O)[O-])cc2)cs1. The van der Waals surface area contributed by atoms with Gasteiger partial charge in [-0.1, -0.05) is 18.2 Å². The number of carbonyl (C=O) groups is 1. The number of rotatable bonds is 7. The van der Waals surface area contributed by atoms with Gasteiger partial charge in [-0.2, -0.15) is 0 Å². The molecule has 2 aromatic carbocycles. The van der Waals surface area contributed by atoms with Crippen molar-refractivity contribution >= 4 is 28.1 Å². The van der Waals surface area contributed by atoms with Gasteiger partial charge in [-0.05, 0) is 24.3 Å². The van der Waals surface area contributed by atoms with Gasteiger partial charge in [0.1, 0.15) is 5.75 Å². The largest absolute Gasteiger partial charge is 0.493 e. The van der Waals surface area contributed by atoms with E-state index in [1.807, 2.05) is 30.3 Å². The molecule has 26 heavy (non-hydrogen) atoms. The Labute approximate surface area is 153 Å². The molecule has 8 heteroatoms. The number of nitrogens with zero attached hydrogens (tertiary/aromatic N) is 2.